The van der Waals surface area contributed by atoms with Crippen LogP contribution in [0.1, 0.15) is 24.8 Å². The number of ketones is 1. The molecule has 0 bridgehead atoms. The van der Waals surface area contributed by atoms with Gasteiger partial charge in [-0.05, 0) is 36.1 Å². The van der Waals surface area contributed by atoms with E-state index in [9.17, 15) is 9.59 Å². The molecule has 1 saturated heterocycles. The summed E-state index contributed by atoms with van der Waals surface area (Å²) in [5.74, 6) is 1.04. The molecule has 0 N–H and O–H groups in total. The third-order valence-electron chi connectivity index (χ3n) is 6.60. The molecule has 1 atom stereocenters. The molecule has 1 heterocycles. The van der Waals surface area contributed by atoms with Gasteiger partial charge in [0.15, 0.2) is 6.04 Å². The smallest absolute Gasteiger partial charge is 0.330 e. The number of ether oxygens (including phenoxy) is 4. The van der Waals surface area contributed by atoms with Gasteiger partial charge >= 0.3 is 5.97 Å². The van der Waals surface area contributed by atoms with Crippen molar-refractivity contribution < 1.29 is 28.5 Å². The molecule has 2 aromatic rings. The summed E-state index contributed by atoms with van der Waals surface area (Å²) in [6.45, 7) is 1.06. The van der Waals surface area contributed by atoms with E-state index >= 15 is 0 Å². The molecule has 0 amide bonds. The third kappa shape index (κ3) is 4.37. The number of carbonyl (C=O) groups excluding carboxylic acids is 2. The number of aliphatic imine (C=N–C) groups is 1. The zero-order valence-electron chi connectivity index (χ0n) is 19.3. The Morgan fingerprint density at radius 3 is 2.24 bits per heavy atom. The molecule has 4 rings (SSSR count). The minimum absolute atomic E-state index is 0.184. The van der Waals surface area contributed by atoms with E-state index in [1.54, 1.807) is 14.2 Å². The summed E-state index contributed by atoms with van der Waals surface area (Å²) in [6.07, 6.45) is 1.82. The molecule has 0 unspecified atom stereocenters. The van der Waals surface area contributed by atoms with E-state index in [1.807, 2.05) is 42.5 Å². The number of hydrogen-bond acceptors (Lipinski definition) is 7. The predicted octanol–water partition coefficient (Wildman–Crippen LogP) is 3.67. The molecule has 2 fully saturated rings. The molecule has 1 saturated carbocycles. The van der Waals surface area contributed by atoms with Crippen LogP contribution in [0.15, 0.2) is 47.5 Å². The van der Waals surface area contributed by atoms with Crippen molar-refractivity contribution in [1.82, 2.24) is 0 Å². The summed E-state index contributed by atoms with van der Waals surface area (Å²) in [5.41, 5.74) is 2.85. The van der Waals surface area contributed by atoms with Gasteiger partial charge in [-0.25, -0.2) is 4.79 Å². The predicted molar refractivity (Wildman–Crippen MR) is 124 cm³/mol. The first-order valence-corrected chi connectivity index (χ1v) is 11.1. The quantitative estimate of drug-likeness (QED) is 0.598. The molecular formula is C26H29NO6. The number of nitrogens with zero attached hydrogens (tertiary/aromatic N) is 1. The summed E-state index contributed by atoms with van der Waals surface area (Å²) in [4.78, 5) is 29.8. The van der Waals surface area contributed by atoms with Gasteiger partial charge in [-0.3, -0.25) is 9.79 Å². The van der Waals surface area contributed by atoms with Crippen LogP contribution in [0.3, 0.4) is 0 Å². The summed E-state index contributed by atoms with van der Waals surface area (Å²) in [5, 5.41) is 0. The highest BCUT2D eigenvalue weighted by Gasteiger charge is 2.52. The van der Waals surface area contributed by atoms with Crippen molar-refractivity contribution in [1.29, 1.82) is 0 Å². The van der Waals surface area contributed by atoms with Crippen LogP contribution in [0, 0.1) is 5.41 Å². The monoisotopic (exact) mass is 451 g/mol. The van der Waals surface area contributed by atoms with E-state index in [1.165, 1.54) is 7.11 Å². The number of benzene rings is 2. The number of carbonyl (C=O) groups is 2. The molecule has 1 spiro atoms. The van der Waals surface area contributed by atoms with Crippen molar-refractivity contribution in [3.05, 3.63) is 48.0 Å². The Kier molecular flexibility index (Phi) is 6.79. The number of methoxy groups -OCH3 is 3. The van der Waals surface area contributed by atoms with Crippen molar-refractivity contribution in [3.63, 3.8) is 0 Å². The van der Waals surface area contributed by atoms with Crippen LogP contribution >= 0.6 is 0 Å². The highest BCUT2D eigenvalue weighted by atomic mass is 16.5. The molecule has 7 heteroatoms. The maximum Gasteiger partial charge on any atom is 0.330 e. The van der Waals surface area contributed by atoms with E-state index in [0.717, 1.165) is 22.4 Å². The summed E-state index contributed by atoms with van der Waals surface area (Å²) < 4.78 is 21.8. The zero-order valence-corrected chi connectivity index (χ0v) is 19.3. The highest BCUT2D eigenvalue weighted by molar-refractivity contribution is 6.27. The minimum Gasteiger partial charge on any atom is -0.496 e. The average molecular weight is 452 g/mol. The van der Waals surface area contributed by atoms with Gasteiger partial charge in [0.25, 0.3) is 0 Å². The maximum atomic E-state index is 12.6. The SMILES string of the molecule is COC(=O)[C@H](Cc1cc(OC)c(-c2ccccc2)c(OC)c1)N=C1CC(=O)C12CCOCC2. The van der Waals surface area contributed by atoms with Gasteiger partial charge in [0.2, 0.25) is 0 Å². The van der Waals surface area contributed by atoms with E-state index in [2.05, 4.69) is 0 Å². The van der Waals surface area contributed by atoms with E-state index in [0.29, 0.717) is 44.0 Å². The number of Topliss-reactive ketones (excluding diaryl/α,β-unsaturated/α-hetero) is 1. The van der Waals surface area contributed by atoms with E-state index in [-0.39, 0.29) is 12.2 Å². The molecule has 33 heavy (non-hydrogen) atoms. The van der Waals surface area contributed by atoms with Gasteiger partial charge in [0.1, 0.15) is 17.3 Å². The number of hydrogen-bond donors (Lipinski definition) is 0. The van der Waals surface area contributed by atoms with Crippen LogP contribution in [0.25, 0.3) is 11.1 Å². The van der Waals surface area contributed by atoms with Gasteiger partial charge in [0.05, 0.1) is 32.3 Å². The Hall–Kier alpha value is -3.19. The van der Waals surface area contributed by atoms with Crippen LogP contribution in [0.5, 0.6) is 11.5 Å². The lowest BCUT2D eigenvalue weighted by atomic mass is 9.61. The van der Waals surface area contributed by atoms with Gasteiger partial charge in [0, 0.05) is 31.8 Å². The first kappa shape index (κ1) is 23.0. The van der Waals surface area contributed by atoms with Gasteiger partial charge in [-0.2, -0.15) is 0 Å². The van der Waals surface area contributed by atoms with Crippen molar-refractivity contribution in [2.45, 2.75) is 31.7 Å². The molecule has 1 aliphatic carbocycles. The topological polar surface area (TPSA) is 83.4 Å². The second kappa shape index (κ2) is 9.75. The largest absolute Gasteiger partial charge is 0.496 e. The van der Waals surface area contributed by atoms with Crippen molar-refractivity contribution in [2.75, 3.05) is 34.5 Å². The molecule has 7 nitrogen and oxygen atoms in total. The van der Waals surface area contributed by atoms with Crippen LogP contribution in [-0.4, -0.2) is 58.0 Å². The van der Waals surface area contributed by atoms with Crippen LogP contribution in [0.2, 0.25) is 0 Å². The number of esters is 1. The Morgan fingerprint density at radius 1 is 1.06 bits per heavy atom. The van der Waals surface area contributed by atoms with Crippen molar-refractivity contribution >= 4 is 17.5 Å². The normalized spacial score (nSPS) is 19.1. The molecule has 2 aliphatic rings. The summed E-state index contributed by atoms with van der Waals surface area (Å²) in [6, 6.07) is 12.9. The second-order valence-electron chi connectivity index (χ2n) is 8.35. The Bertz CT molecular complexity index is 1030. The first-order chi connectivity index (χ1) is 16.0. The van der Waals surface area contributed by atoms with Gasteiger partial charge in [-0.15, -0.1) is 0 Å². The van der Waals surface area contributed by atoms with Crippen LogP contribution < -0.4 is 9.47 Å². The minimum atomic E-state index is -0.755. The van der Waals surface area contributed by atoms with Crippen LogP contribution in [-0.2, 0) is 25.5 Å². The average Bonchev–Trinajstić information content (AvgIpc) is 2.87. The molecule has 0 radical (unpaired) electrons. The molecule has 0 aromatic heterocycles. The highest BCUT2D eigenvalue weighted by Crippen LogP contribution is 2.44. The second-order valence-corrected chi connectivity index (χ2v) is 8.35. The Morgan fingerprint density at radius 2 is 1.70 bits per heavy atom. The lowest BCUT2D eigenvalue weighted by Crippen LogP contribution is -2.54. The molecule has 2 aromatic carbocycles. The lowest BCUT2D eigenvalue weighted by Gasteiger charge is -2.44. The van der Waals surface area contributed by atoms with E-state index < -0.39 is 17.4 Å². The van der Waals surface area contributed by atoms with Crippen LogP contribution in [0.4, 0.5) is 0 Å². The maximum absolute atomic E-state index is 12.6. The first-order valence-electron chi connectivity index (χ1n) is 11.1. The summed E-state index contributed by atoms with van der Waals surface area (Å²) in [7, 11) is 4.57. The molecule has 1 aliphatic heterocycles. The fourth-order valence-corrected chi connectivity index (χ4v) is 4.70. The Balaban J connectivity index is 1.68. The third-order valence-corrected chi connectivity index (χ3v) is 6.60. The molecular weight excluding hydrogens is 422 g/mol. The molecule has 174 valence electrons. The zero-order chi connectivity index (χ0) is 23.4. The lowest BCUT2D eigenvalue weighted by molar-refractivity contribution is -0.142. The fraction of sp³-hybridized carbons (Fsp3) is 0.423. The standard InChI is InChI=1S/C26H29NO6/c1-30-20-14-17(15-21(31-2)24(20)18-7-5-4-6-8-18)13-19(25(29)32-3)27-22-16-23(28)26(22)9-11-33-12-10-26/h4-8,14-15,19H,9-13,16H2,1-3H3/t19-/m0/s1. The van der Waals surface area contributed by atoms with Crippen molar-refractivity contribution in [3.8, 4) is 22.6 Å². The van der Waals surface area contributed by atoms with E-state index in [4.69, 9.17) is 23.9 Å². The van der Waals surface area contributed by atoms with Crippen molar-refractivity contribution in [2.24, 2.45) is 10.4 Å². The number of rotatable bonds is 7. The fourth-order valence-electron chi connectivity index (χ4n) is 4.70. The van der Waals surface area contributed by atoms with Gasteiger partial charge < -0.3 is 18.9 Å². The Labute approximate surface area is 193 Å². The summed E-state index contributed by atoms with van der Waals surface area (Å²) >= 11 is 0. The van der Waals surface area contributed by atoms with Gasteiger partial charge in [-0.1, -0.05) is 30.3 Å².